The molecule has 7 N–H and O–H groups in total. The van der Waals surface area contributed by atoms with Gasteiger partial charge in [0, 0.05) is 61.7 Å². The second-order valence-corrected chi connectivity index (χ2v) is 23.2. The minimum atomic E-state index is -3.87. The lowest BCUT2D eigenvalue weighted by molar-refractivity contribution is -0.132. The van der Waals surface area contributed by atoms with E-state index in [1.54, 1.807) is 43.8 Å². The number of aromatic hydroxyl groups is 1. The molecule has 19 heteroatoms. The Bertz CT molecular complexity index is 3000. The molecule has 7 rings (SSSR count). The molecule has 5 aromatic rings. The van der Waals surface area contributed by atoms with Crippen molar-refractivity contribution in [3.63, 3.8) is 0 Å². The van der Waals surface area contributed by atoms with Crippen molar-refractivity contribution in [2.45, 2.75) is 100 Å². The summed E-state index contributed by atoms with van der Waals surface area (Å²) in [6.45, 7) is 9.93. The van der Waals surface area contributed by atoms with Gasteiger partial charge in [-0.2, -0.15) is 5.26 Å². The van der Waals surface area contributed by atoms with Crippen molar-refractivity contribution in [2.75, 3.05) is 30.8 Å². The van der Waals surface area contributed by atoms with Gasteiger partial charge < -0.3 is 30.9 Å². The molecule has 5 aromatic carbocycles. The predicted molar refractivity (Wildman–Crippen MR) is 288 cm³/mol. The summed E-state index contributed by atoms with van der Waals surface area (Å²) in [4.78, 5) is 55.4. The Labute approximate surface area is 447 Å². The van der Waals surface area contributed by atoms with Gasteiger partial charge in [-0.1, -0.05) is 66.7 Å². The number of primary sulfonamides is 1. The number of anilines is 1. The van der Waals surface area contributed by atoms with Crippen LogP contribution >= 0.6 is 35.0 Å². The van der Waals surface area contributed by atoms with Gasteiger partial charge in [-0.25, -0.2) is 13.6 Å². The molecule has 1 aliphatic carbocycles. The summed E-state index contributed by atoms with van der Waals surface area (Å²) in [6.07, 6.45) is 4.67. The molecule has 74 heavy (non-hydrogen) atoms. The number of nitriles is 1. The van der Waals surface area contributed by atoms with E-state index in [9.17, 15) is 37.8 Å². The largest absolute Gasteiger partial charge is 0.508 e. The highest BCUT2D eigenvalue weighted by Crippen LogP contribution is 2.39. The molecule has 1 aliphatic heterocycles. The maximum Gasteiger partial charge on any atom is 0.262 e. The van der Waals surface area contributed by atoms with Gasteiger partial charge in [0.15, 0.2) is 12.4 Å². The van der Waals surface area contributed by atoms with Crippen LogP contribution < -0.4 is 25.8 Å². The van der Waals surface area contributed by atoms with E-state index in [2.05, 4.69) is 20.9 Å². The first-order valence-electron chi connectivity index (χ1n) is 24.1. The zero-order valence-electron chi connectivity index (χ0n) is 41.9. The zero-order chi connectivity index (χ0) is 53.9. The summed E-state index contributed by atoms with van der Waals surface area (Å²) in [6, 6.07) is 28.5. The predicted octanol–water partition coefficient (Wildman–Crippen LogP) is 8.82. The summed E-state index contributed by atoms with van der Waals surface area (Å²) < 4.78 is 28.5. The van der Waals surface area contributed by atoms with Crippen LogP contribution in [0.2, 0.25) is 10.0 Å². The quantitative estimate of drug-likeness (QED) is 0.0401. The molecular formula is C55H62Cl2N6O9S2. The molecule has 2 fully saturated rings. The number of rotatable bonds is 16. The van der Waals surface area contributed by atoms with E-state index in [1.807, 2.05) is 57.2 Å². The fraction of sp³-hybridized carbons (Fsp3) is 0.364. The molecule has 0 spiro atoms. The van der Waals surface area contributed by atoms with Crippen LogP contribution in [-0.2, 0) is 19.6 Å². The molecule has 0 bridgehead atoms. The Balaban J connectivity index is 0.000000244. The molecule has 3 amide bonds. The van der Waals surface area contributed by atoms with E-state index in [0.29, 0.717) is 46.5 Å². The number of sulfonamides is 1. The van der Waals surface area contributed by atoms with Crippen LogP contribution in [0.3, 0.4) is 0 Å². The van der Waals surface area contributed by atoms with Crippen LogP contribution in [0.4, 0.5) is 5.69 Å². The van der Waals surface area contributed by atoms with Crippen molar-refractivity contribution in [3.05, 3.63) is 147 Å². The number of carbonyl (C=O) groups excluding carboxylic acids is 4. The lowest BCUT2D eigenvalue weighted by Gasteiger charge is -2.47. The number of fused-ring (bicyclic) bond motifs is 1. The molecule has 2 aliphatic rings. The zero-order valence-corrected chi connectivity index (χ0v) is 45.0. The third-order valence-electron chi connectivity index (χ3n) is 12.9. The number of benzene rings is 5. The van der Waals surface area contributed by atoms with Crippen molar-refractivity contribution in [3.8, 4) is 17.6 Å². The van der Waals surface area contributed by atoms with Gasteiger partial charge in [0.05, 0.1) is 40.3 Å². The first kappa shape index (κ1) is 57.3. The average molecular weight is 1090 g/mol. The van der Waals surface area contributed by atoms with Gasteiger partial charge in [-0.3, -0.25) is 24.1 Å². The Morgan fingerprint density at radius 3 is 2.30 bits per heavy atom. The molecule has 0 unspecified atom stereocenters. The van der Waals surface area contributed by atoms with Crippen LogP contribution in [-0.4, -0.2) is 96.2 Å². The van der Waals surface area contributed by atoms with Crippen LogP contribution in [0.5, 0.6) is 11.5 Å². The van der Waals surface area contributed by atoms with Gasteiger partial charge in [-0.05, 0) is 144 Å². The molecule has 1 saturated carbocycles. The van der Waals surface area contributed by atoms with E-state index in [0.717, 1.165) is 30.7 Å². The number of carbonyl (C=O) groups is 4. The molecule has 5 atom stereocenters. The second-order valence-electron chi connectivity index (χ2n) is 19.6. The minimum absolute atomic E-state index is 0.0124. The number of phenolic OH excluding ortho intramolecular Hbond substituents is 1. The van der Waals surface area contributed by atoms with Crippen molar-refractivity contribution in [1.82, 2.24) is 15.5 Å². The van der Waals surface area contributed by atoms with Crippen molar-refractivity contribution in [2.24, 2.45) is 17.0 Å². The van der Waals surface area contributed by atoms with Crippen LogP contribution in [0.1, 0.15) is 95.8 Å². The molecule has 392 valence electrons. The van der Waals surface area contributed by atoms with E-state index in [-0.39, 0.29) is 66.5 Å². The first-order chi connectivity index (χ1) is 35.0. The molecular weight excluding hydrogens is 1020 g/mol. The lowest BCUT2D eigenvalue weighted by Crippen LogP contribution is -2.60. The van der Waals surface area contributed by atoms with Gasteiger partial charge in [0.25, 0.3) is 11.8 Å². The SMILES string of the molecule is Cc1c(O)cccc1C(=O)N[C@@H](CSc1ccccc1)[C@H](O)CN1C[C@H]2CCCC[C@H]2C[C@H]1C(=O)NC(C)(C)C.Cc1cc(S(N)(=O)=O)ccc1NC(=O)COc1ccc(Cl)cc1C(=O)c1cc(Cl)cc(C#N)c1. The van der Waals surface area contributed by atoms with Crippen LogP contribution in [0.25, 0.3) is 0 Å². The Morgan fingerprint density at radius 2 is 1.62 bits per heavy atom. The number of aliphatic hydroxyl groups is 1. The molecule has 0 radical (unpaired) electrons. The minimum Gasteiger partial charge on any atom is -0.508 e. The molecule has 1 saturated heterocycles. The smallest absolute Gasteiger partial charge is 0.262 e. The van der Waals surface area contributed by atoms with E-state index >= 15 is 0 Å². The fourth-order valence-corrected chi connectivity index (χ4v) is 11.1. The number of likely N-dealkylation sites (tertiary alicyclic amines) is 1. The Kier molecular flexibility index (Phi) is 19.8. The fourth-order valence-electron chi connectivity index (χ4n) is 9.09. The number of thioether (sulfide) groups is 1. The number of phenols is 1. The van der Waals surface area contributed by atoms with Crippen LogP contribution in [0.15, 0.2) is 113 Å². The third-order valence-corrected chi connectivity index (χ3v) is 15.4. The maximum atomic E-state index is 13.5. The van der Waals surface area contributed by atoms with E-state index in [1.165, 1.54) is 67.4 Å². The standard InChI is InChI=1S/C32H45N3O4S.C23H17Cl2N3O5S/c1-21-25(15-10-16-28(21)36)30(38)33-26(20-40-24-13-6-5-7-14-24)29(37)19-35-18-23-12-9-8-11-22(23)17-27(35)31(39)34-32(2,3)4;1-13-6-18(34(27,31)32)3-4-20(13)28-22(29)12-33-21-5-2-16(24)10-19(21)23(30)15-7-14(11-26)8-17(25)9-15/h5-7,10,13-16,22-23,26-27,29,36-37H,8-9,11-12,17-20H2,1-4H3,(H,33,38)(H,34,39);2-10H,12H2,1H3,(H,28,29)(H2,27,31,32)/t22-,23+,26-,27-,29+;/m0./s1. The average Bonchev–Trinajstić information content (AvgIpc) is 3.35. The van der Waals surface area contributed by atoms with Crippen molar-refractivity contribution < 1.29 is 42.5 Å². The molecule has 0 aromatic heterocycles. The maximum absolute atomic E-state index is 13.5. The second kappa shape index (κ2) is 25.5. The summed E-state index contributed by atoms with van der Waals surface area (Å²) >= 11 is 13.6. The number of hydrogen-bond donors (Lipinski definition) is 6. The summed E-state index contributed by atoms with van der Waals surface area (Å²) in [5.41, 5.74) is 1.85. The van der Waals surface area contributed by atoms with Crippen LogP contribution in [0, 0.1) is 37.0 Å². The number of piperidine rings is 1. The number of ether oxygens (including phenoxy) is 1. The Morgan fingerprint density at radius 1 is 0.905 bits per heavy atom. The summed E-state index contributed by atoms with van der Waals surface area (Å²) in [5.74, 6) is 0.332. The monoisotopic (exact) mass is 1080 g/mol. The summed E-state index contributed by atoms with van der Waals surface area (Å²) in [7, 11) is -3.87. The highest BCUT2D eigenvalue weighted by atomic mass is 35.5. The lowest BCUT2D eigenvalue weighted by atomic mass is 9.72. The number of aliphatic hydroxyl groups excluding tert-OH is 1. The van der Waals surface area contributed by atoms with Gasteiger partial charge in [-0.15, -0.1) is 11.8 Å². The molecule has 1 heterocycles. The van der Waals surface area contributed by atoms with E-state index in [4.69, 9.17) is 38.3 Å². The first-order valence-corrected chi connectivity index (χ1v) is 27.4. The Hall–Kier alpha value is -5.97. The van der Waals surface area contributed by atoms with Crippen molar-refractivity contribution >= 4 is 74.2 Å². The summed E-state index contributed by atoms with van der Waals surface area (Å²) in [5, 5.41) is 45.3. The number of β-amino-alcohol motifs (C(OH)–C–C–N with tert-alkyl or cyclic N) is 1. The van der Waals surface area contributed by atoms with Gasteiger partial charge >= 0.3 is 0 Å². The van der Waals surface area contributed by atoms with Gasteiger partial charge in [0.2, 0.25) is 15.9 Å². The number of halogens is 2. The van der Waals surface area contributed by atoms with Crippen molar-refractivity contribution in [1.29, 1.82) is 5.26 Å². The highest BCUT2D eigenvalue weighted by Gasteiger charge is 2.42. The van der Waals surface area contributed by atoms with E-state index < -0.39 is 40.5 Å². The molecule has 15 nitrogen and oxygen atoms in total. The number of nitrogens with two attached hydrogens (primary N) is 1. The normalized spacial score (nSPS) is 17.5. The number of nitrogens with zero attached hydrogens (tertiary/aromatic N) is 2. The number of ketones is 1. The number of hydrogen-bond acceptors (Lipinski definition) is 12. The number of nitrogens with one attached hydrogen (secondary N) is 3. The highest BCUT2D eigenvalue weighted by molar-refractivity contribution is 7.99. The van der Waals surface area contributed by atoms with Gasteiger partial charge in [0.1, 0.15) is 11.5 Å². The third kappa shape index (κ3) is 16.0. The number of amides is 3. The topological polar surface area (TPSA) is 241 Å². The number of aryl methyl sites for hydroxylation is 1.